The van der Waals surface area contributed by atoms with Crippen molar-refractivity contribution in [2.45, 2.75) is 24.1 Å². The lowest BCUT2D eigenvalue weighted by Gasteiger charge is -2.10. The van der Waals surface area contributed by atoms with E-state index in [2.05, 4.69) is 15.9 Å². The summed E-state index contributed by atoms with van der Waals surface area (Å²) in [6.07, 6.45) is 3.74. The van der Waals surface area contributed by atoms with Crippen LogP contribution in [0.5, 0.6) is 5.75 Å². The van der Waals surface area contributed by atoms with Crippen molar-refractivity contribution in [2.75, 3.05) is 7.11 Å². The minimum Gasteiger partial charge on any atom is -0.494 e. The number of benzene rings is 1. The van der Waals surface area contributed by atoms with Gasteiger partial charge in [-0.1, -0.05) is 34.8 Å². The van der Waals surface area contributed by atoms with Crippen LogP contribution in [-0.4, -0.2) is 7.11 Å². The maximum absolute atomic E-state index is 13.4. The van der Waals surface area contributed by atoms with Crippen LogP contribution >= 0.6 is 15.9 Å². The Labute approximate surface area is 97.8 Å². The molecule has 3 heteroatoms. The molecule has 1 aliphatic rings. The van der Waals surface area contributed by atoms with Crippen LogP contribution in [0.1, 0.15) is 29.7 Å². The van der Waals surface area contributed by atoms with Gasteiger partial charge in [-0.25, -0.2) is 4.39 Å². The molecule has 0 aliphatic heterocycles. The van der Waals surface area contributed by atoms with Crippen LogP contribution in [0.4, 0.5) is 4.39 Å². The van der Waals surface area contributed by atoms with Crippen molar-refractivity contribution in [2.24, 2.45) is 5.92 Å². The smallest absolute Gasteiger partial charge is 0.165 e. The van der Waals surface area contributed by atoms with Crippen LogP contribution in [0.25, 0.3) is 0 Å². The minimum absolute atomic E-state index is 0.269. The fourth-order valence-corrected chi connectivity index (χ4v) is 2.47. The molecule has 1 aliphatic carbocycles. The Balaban J connectivity index is 2.09. The first-order valence-corrected chi connectivity index (χ1v) is 6.09. The van der Waals surface area contributed by atoms with E-state index in [-0.39, 0.29) is 10.6 Å². The van der Waals surface area contributed by atoms with Gasteiger partial charge in [0.1, 0.15) is 0 Å². The van der Waals surface area contributed by atoms with E-state index in [1.54, 1.807) is 12.1 Å². The van der Waals surface area contributed by atoms with Gasteiger partial charge in [0.15, 0.2) is 11.6 Å². The van der Waals surface area contributed by atoms with Gasteiger partial charge >= 0.3 is 0 Å². The predicted octanol–water partition coefficient (Wildman–Crippen LogP) is 4.07. The molecule has 0 bridgehead atoms. The average molecular weight is 273 g/mol. The lowest BCUT2D eigenvalue weighted by Crippen LogP contribution is -1.94. The third-order valence-electron chi connectivity index (χ3n) is 2.77. The maximum Gasteiger partial charge on any atom is 0.165 e. The number of methoxy groups -OCH3 is 1. The molecule has 1 fully saturated rings. The third-order valence-corrected chi connectivity index (χ3v) is 3.68. The van der Waals surface area contributed by atoms with Crippen LogP contribution < -0.4 is 4.74 Å². The SMILES string of the molecule is COc1ccc(C(Br)CC2CC2)cc1F. The summed E-state index contributed by atoms with van der Waals surface area (Å²) in [5, 5.41) is 0. The topological polar surface area (TPSA) is 9.23 Å². The van der Waals surface area contributed by atoms with Gasteiger partial charge in [-0.15, -0.1) is 0 Å². The zero-order valence-corrected chi connectivity index (χ0v) is 10.3. The molecule has 0 radical (unpaired) electrons. The average Bonchev–Trinajstić information content (AvgIpc) is 3.01. The van der Waals surface area contributed by atoms with Gasteiger partial charge < -0.3 is 4.74 Å². The highest BCUT2D eigenvalue weighted by atomic mass is 79.9. The van der Waals surface area contributed by atoms with Crippen molar-refractivity contribution in [1.29, 1.82) is 0 Å². The summed E-state index contributed by atoms with van der Waals surface area (Å²) in [7, 11) is 1.48. The van der Waals surface area contributed by atoms with Crippen molar-refractivity contribution < 1.29 is 9.13 Å². The van der Waals surface area contributed by atoms with Crippen LogP contribution in [-0.2, 0) is 0 Å². The lowest BCUT2D eigenvalue weighted by atomic mass is 10.1. The van der Waals surface area contributed by atoms with Crippen molar-refractivity contribution in [3.05, 3.63) is 29.6 Å². The summed E-state index contributed by atoms with van der Waals surface area (Å²) in [6, 6.07) is 5.16. The molecule has 1 aromatic carbocycles. The number of alkyl halides is 1. The summed E-state index contributed by atoms with van der Waals surface area (Å²) in [6.45, 7) is 0. The second-order valence-electron chi connectivity index (χ2n) is 4.04. The monoisotopic (exact) mass is 272 g/mol. The first-order chi connectivity index (χ1) is 7.20. The molecule has 0 saturated heterocycles. The number of halogens is 2. The minimum atomic E-state index is -0.282. The van der Waals surface area contributed by atoms with E-state index >= 15 is 0 Å². The number of hydrogen-bond acceptors (Lipinski definition) is 1. The van der Waals surface area contributed by atoms with Crippen molar-refractivity contribution in [3.63, 3.8) is 0 Å². The Bertz CT molecular complexity index is 349. The van der Waals surface area contributed by atoms with Crippen molar-refractivity contribution >= 4 is 15.9 Å². The number of ether oxygens (including phenoxy) is 1. The van der Waals surface area contributed by atoms with Gasteiger partial charge in [0.2, 0.25) is 0 Å². The summed E-state index contributed by atoms with van der Waals surface area (Å²) >= 11 is 3.60. The molecule has 1 atom stereocenters. The molecule has 1 saturated carbocycles. The van der Waals surface area contributed by atoms with E-state index in [0.29, 0.717) is 5.75 Å². The Kier molecular flexibility index (Phi) is 3.29. The maximum atomic E-state index is 13.4. The highest BCUT2D eigenvalue weighted by Crippen LogP contribution is 2.41. The van der Waals surface area contributed by atoms with E-state index in [1.165, 1.54) is 20.0 Å². The highest BCUT2D eigenvalue weighted by Gasteiger charge is 2.25. The summed E-state index contributed by atoms with van der Waals surface area (Å²) in [4.78, 5) is 0.269. The van der Waals surface area contributed by atoms with E-state index < -0.39 is 0 Å². The first kappa shape index (κ1) is 10.9. The molecule has 2 rings (SSSR count). The van der Waals surface area contributed by atoms with Crippen LogP contribution in [0.3, 0.4) is 0 Å². The predicted molar refractivity (Wildman–Crippen MR) is 62.0 cm³/mol. The van der Waals surface area contributed by atoms with Crippen LogP contribution in [0.15, 0.2) is 18.2 Å². The van der Waals surface area contributed by atoms with Gasteiger partial charge in [0.25, 0.3) is 0 Å². The molecule has 0 spiro atoms. The van der Waals surface area contributed by atoms with E-state index in [0.717, 1.165) is 17.9 Å². The van der Waals surface area contributed by atoms with Crippen LogP contribution in [0, 0.1) is 11.7 Å². The summed E-state index contributed by atoms with van der Waals surface area (Å²) in [5.41, 5.74) is 1.00. The van der Waals surface area contributed by atoms with Gasteiger partial charge in [-0.05, 0) is 30.0 Å². The Morgan fingerprint density at radius 2 is 2.27 bits per heavy atom. The molecule has 0 aromatic heterocycles. The van der Waals surface area contributed by atoms with Crippen LogP contribution in [0.2, 0.25) is 0 Å². The van der Waals surface area contributed by atoms with Crippen molar-refractivity contribution in [1.82, 2.24) is 0 Å². The second kappa shape index (κ2) is 4.52. The van der Waals surface area contributed by atoms with E-state index in [1.807, 2.05) is 6.07 Å². The molecule has 1 aromatic rings. The summed E-state index contributed by atoms with van der Waals surface area (Å²) < 4.78 is 18.3. The molecular formula is C12H14BrFO. The Morgan fingerprint density at radius 3 is 2.80 bits per heavy atom. The van der Waals surface area contributed by atoms with Gasteiger partial charge in [0, 0.05) is 4.83 Å². The molecular weight excluding hydrogens is 259 g/mol. The molecule has 0 heterocycles. The van der Waals surface area contributed by atoms with Gasteiger partial charge in [-0.3, -0.25) is 0 Å². The van der Waals surface area contributed by atoms with E-state index in [9.17, 15) is 4.39 Å². The van der Waals surface area contributed by atoms with E-state index in [4.69, 9.17) is 4.74 Å². The molecule has 1 nitrogen and oxygen atoms in total. The fraction of sp³-hybridized carbons (Fsp3) is 0.500. The normalized spacial score (nSPS) is 17.5. The van der Waals surface area contributed by atoms with Gasteiger partial charge in [0.05, 0.1) is 7.11 Å². The zero-order chi connectivity index (χ0) is 10.8. The molecule has 15 heavy (non-hydrogen) atoms. The Hall–Kier alpha value is -0.570. The lowest BCUT2D eigenvalue weighted by molar-refractivity contribution is 0.386. The first-order valence-electron chi connectivity index (χ1n) is 5.18. The summed E-state index contributed by atoms with van der Waals surface area (Å²) in [5.74, 6) is 0.861. The largest absolute Gasteiger partial charge is 0.494 e. The van der Waals surface area contributed by atoms with Gasteiger partial charge in [-0.2, -0.15) is 0 Å². The zero-order valence-electron chi connectivity index (χ0n) is 8.67. The standard InChI is InChI=1S/C12H14BrFO/c1-15-12-5-4-9(7-11(12)14)10(13)6-8-2-3-8/h4-5,7-8,10H,2-3,6H2,1H3. The highest BCUT2D eigenvalue weighted by molar-refractivity contribution is 9.09. The molecule has 1 unspecified atom stereocenters. The molecule has 0 amide bonds. The quantitative estimate of drug-likeness (QED) is 0.751. The van der Waals surface area contributed by atoms with Crippen molar-refractivity contribution in [3.8, 4) is 5.75 Å². The fourth-order valence-electron chi connectivity index (χ4n) is 1.66. The second-order valence-corrected chi connectivity index (χ2v) is 5.15. The Morgan fingerprint density at radius 1 is 1.53 bits per heavy atom. The third kappa shape index (κ3) is 2.71. The molecule has 82 valence electrons. The molecule has 0 N–H and O–H groups in total. The number of hydrogen-bond donors (Lipinski definition) is 0. The number of rotatable bonds is 4.